The van der Waals surface area contributed by atoms with E-state index in [0.29, 0.717) is 22.6 Å². The van der Waals surface area contributed by atoms with E-state index in [1.165, 1.54) is 67.8 Å². The van der Waals surface area contributed by atoms with Crippen LogP contribution in [0.4, 0.5) is 8.78 Å². The number of nitrogens with zero attached hydrogens (tertiary/aromatic N) is 2. The van der Waals surface area contributed by atoms with Crippen LogP contribution in [-0.4, -0.2) is 50.2 Å². The van der Waals surface area contributed by atoms with E-state index in [-0.39, 0.29) is 17.9 Å². The van der Waals surface area contributed by atoms with Crippen LogP contribution in [0, 0.1) is 11.6 Å². The van der Waals surface area contributed by atoms with Crippen molar-refractivity contribution in [3.63, 3.8) is 0 Å². The van der Waals surface area contributed by atoms with Crippen LogP contribution in [0.15, 0.2) is 72.3 Å². The highest BCUT2D eigenvalue weighted by atomic mass is 32.2. The van der Waals surface area contributed by atoms with Crippen LogP contribution in [0.25, 0.3) is 11.1 Å². The molecule has 3 aromatic rings. The van der Waals surface area contributed by atoms with Crippen molar-refractivity contribution >= 4 is 15.7 Å². The van der Waals surface area contributed by atoms with Crippen molar-refractivity contribution in [3.8, 4) is 17.0 Å². The van der Waals surface area contributed by atoms with Crippen LogP contribution in [-0.2, 0) is 25.9 Å². The summed E-state index contributed by atoms with van der Waals surface area (Å²) in [6.45, 7) is 0.0252. The summed E-state index contributed by atoms with van der Waals surface area (Å²) in [7, 11) is -0.735. The predicted molar refractivity (Wildman–Crippen MR) is 130 cm³/mol. The van der Waals surface area contributed by atoms with Crippen LogP contribution in [0.1, 0.15) is 17.2 Å². The Morgan fingerprint density at radius 1 is 1.08 bits per heavy atom. The number of methoxy groups -OCH3 is 2. The van der Waals surface area contributed by atoms with E-state index >= 15 is 4.39 Å². The van der Waals surface area contributed by atoms with Crippen molar-refractivity contribution in [2.24, 2.45) is 0 Å². The quantitative estimate of drug-likeness (QED) is 0.451. The van der Waals surface area contributed by atoms with Gasteiger partial charge in [-0.1, -0.05) is 24.3 Å². The number of rotatable bonds is 8. The van der Waals surface area contributed by atoms with Gasteiger partial charge in [-0.25, -0.2) is 22.2 Å². The van der Waals surface area contributed by atoms with Gasteiger partial charge < -0.3 is 14.4 Å². The largest absolute Gasteiger partial charge is 0.481 e. The molecule has 0 N–H and O–H groups in total. The van der Waals surface area contributed by atoms with Crippen molar-refractivity contribution in [1.82, 2.24) is 9.88 Å². The minimum Gasteiger partial charge on any atom is -0.481 e. The maximum absolute atomic E-state index is 15.2. The summed E-state index contributed by atoms with van der Waals surface area (Å²) in [5, 5.41) is 1.07. The molecule has 0 aliphatic carbocycles. The predicted octanol–water partition coefficient (Wildman–Crippen LogP) is 4.06. The second-order valence-electron chi connectivity index (χ2n) is 8.26. The molecule has 188 valence electrons. The summed E-state index contributed by atoms with van der Waals surface area (Å²) in [5.41, 5.74) is 1.76. The van der Waals surface area contributed by atoms with E-state index in [1.54, 1.807) is 18.2 Å². The molecule has 0 spiro atoms. The van der Waals surface area contributed by atoms with Gasteiger partial charge in [-0.15, -0.1) is 0 Å². The van der Waals surface area contributed by atoms with Gasteiger partial charge in [0, 0.05) is 36.9 Å². The zero-order chi connectivity index (χ0) is 25.9. The molecule has 2 heterocycles. The lowest BCUT2D eigenvalue weighted by Crippen LogP contribution is -2.43. The molecule has 0 radical (unpaired) electrons. The summed E-state index contributed by atoms with van der Waals surface area (Å²) in [4.78, 5) is 19.1. The lowest BCUT2D eigenvalue weighted by molar-refractivity contribution is -0.144. The molecular formula is C26H24F2N2O5S. The molecule has 0 fully saturated rings. The number of aromatic nitrogens is 1. The third-order valence-electron chi connectivity index (χ3n) is 5.88. The van der Waals surface area contributed by atoms with Crippen LogP contribution in [0.5, 0.6) is 5.88 Å². The normalized spacial score (nSPS) is 17.1. The van der Waals surface area contributed by atoms with Crippen LogP contribution < -0.4 is 4.74 Å². The summed E-state index contributed by atoms with van der Waals surface area (Å²) in [5.74, 6) is -1.65. The number of hydrogen-bond donors (Lipinski definition) is 0. The van der Waals surface area contributed by atoms with Gasteiger partial charge in [-0.2, -0.15) is 0 Å². The highest BCUT2D eigenvalue weighted by Crippen LogP contribution is 2.30. The first-order chi connectivity index (χ1) is 17.2. The Labute approximate surface area is 207 Å². The molecule has 0 saturated heterocycles. The second-order valence-corrected chi connectivity index (χ2v) is 10.2. The highest BCUT2D eigenvalue weighted by molar-refractivity contribution is 7.94. The Balaban J connectivity index is 1.66. The summed E-state index contributed by atoms with van der Waals surface area (Å²) in [6, 6.07) is 12.5. The second kappa shape index (κ2) is 10.5. The molecule has 4 rings (SSSR count). The third-order valence-corrected chi connectivity index (χ3v) is 7.25. The molecule has 1 aromatic heterocycles. The molecule has 10 heteroatoms. The Bertz CT molecular complexity index is 1390. The smallest absolute Gasteiger partial charge is 0.257 e. The average Bonchev–Trinajstić information content (AvgIpc) is 3.23. The summed E-state index contributed by atoms with van der Waals surface area (Å²) >= 11 is 0. The Morgan fingerprint density at radius 2 is 1.81 bits per heavy atom. The Hall–Kier alpha value is -3.63. The van der Waals surface area contributed by atoms with Crippen molar-refractivity contribution < 1.29 is 31.5 Å². The number of hydrogen-bond acceptors (Lipinski definition) is 6. The van der Waals surface area contributed by atoms with Crippen molar-refractivity contribution in [1.29, 1.82) is 0 Å². The van der Waals surface area contributed by atoms with Gasteiger partial charge in [-0.3, -0.25) is 4.79 Å². The monoisotopic (exact) mass is 514 g/mol. The van der Waals surface area contributed by atoms with E-state index in [1.807, 2.05) is 0 Å². The number of amides is 1. The number of ether oxygens (including phenoxy) is 2. The Kier molecular flexibility index (Phi) is 7.46. The zero-order valence-corrected chi connectivity index (χ0v) is 20.4. The van der Waals surface area contributed by atoms with Gasteiger partial charge in [-0.05, 0) is 47.0 Å². The number of carbonyl (C=O) groups is 1. The molecule has 7 nitrogen and oxygen atoms in total. The number of halogens is 2. The minimum atomic E-state index is -3.48. The molecule has 1 aliphatic heterocycles. The molecule has 1 aliphatic rings. The Morgan fingerprint density at radius 3 is 2.42 bits per heavy atom. The minimum absolute atomic E-state index is 0.00416. The molecule has 2 aromatic carbocycles. The van der Waals surface area contributed by atoms with Crippen LogP contribution in [0.2, 0.25) is 0 Å². The van der Waals surface area contributed by atoms with E-state index < -0.39 is 39.5 Å². The third kappa shape index (κ3) is 5.60. The fourth-order valence-electron chi connectivity index (χ4n) is 4.04. The van der Waals surface area contributed by atoms with E-state index in [2.05, 4.69) is 4.98 Å². The van der Waals surface area contributed by atoms with Gasteiger partial charge in [0.15, 0.2) is 15.9 Å². The van der Waals surface area contributed by atoms with Gasteiger partial charge in [0.1, 0.15) is 11.6 Å². The molecule has 0 bridgehead atoms. The van der Waals surface area contributed by atoms with Gasteiger partial charge in [0.05, 0.1) is 18.9 Å². The molecular weight excluding hydrogens is 490 g/mol. The SMILES string of the molecule is COc1cc(CN(C(=O)[C@H](OC)c2ccc(-c3ccc(F)cc3)cc2F)[C@H]2C=CS(=O)(=O)C2)ccn1. The van der Waals surface area contributed by atoms with Crippen molar-refractivity contribution in [2.45, 2.75) is 18.7 Å². The number of carbonyl (C=O) groups excluding carboxylic acids is 1. The standard InChI is InChI=1S/C26H24F2N2O5S/c1-34-24-13-17(9-11-29-24)15-30(21-10-12-36(32,33)16-21)26(31)25(35-2)22-8-5-19(14-23(22)28)18-3-6-20(27)7-4-18/h3-14,21,25H,15-16H2,1-2H3/t21-,25+/m0/s1. The first-order valence-corrected chi connectivity index (χ1v) is 12.7. The van der Waals surface area contributed by atoms with Gasteiger partial charge in [0.25, 0.3) is 5.91 Å². The summed E-state index contributed by atoms with van der Waals surface area (Å²) in [6.07, 6.45) is 1.62. The maximum atomic E-state index is 15.2. The van der Waals surface area contributed by atoms with Crippen molar-refractivity contribution in [3.05, 3.63) is 95.0 Å². The topological polar surface area (TPSA) is 85.8 Å². The molecule has 1 amide bonds. The lowest BCUT2D eigenvalue weighted by atomic mass is 10.00. The molecule has 0 saturated carbocycles. The fourth-order valence-corrected chi connectivity index (χ4v) is 5.34. The molecule has 2 atom stereocenters. The average molecular weight is 515 g/mol. The first kappa shape index (κ1) is 25.5. The van der Waals surface area contributed by atoms with Crippen LogP contribution in [0.3, 0.4) is 0 Å². The van der Waals surface area contributed by atoms with E-state index in [9.17, 15) is 17.6 Å². The van der Waals surface area contributed by atoms with Gasteiger partial charge in [0.2, 0.25) is 5.88 Å². The van der Waals surface area contributed by atoms with Crippen molar-refractivity contribution in [2.75, 3.05) is 20.0 Å². The number of pyridine rings is 1. The zero-order valence-electron chi connectivity index (χ0n) is 19.6. The number of benzene rings is 2. The highest BCUT2D eigenvalue weighted by Gasteiger charge is 2.35. The van der Waals surface area contributed by atoms with E-state index in [4.69, 9.17) is 9.47 Å². The maximum Gasteiger partial charge on any atom is 0.257 e. The molecule has 36 heavy (non-hydrogen) atoms. The van der Waals surface area contributed by atoms with Crippen LogP contribution >= 0.6 is 0 Å². The van der Waals surface area contributed by atoms with E-state index in [0.717, 1.165) is 5.41 Å². The first-order valence-electron chi connectivity index (χ1n) is 11.0. The summed E-state index contributed by atoms with van der Waals surface area (Å²) < 4.78 is 63.3. The fraction of sp³-hybridized carbons (Fsp3) is 0.231. The number of sulfone groups is 1. The lowest BCUT2D eigenvalue weighted by Gasteiger charge is -2.31. The van der Waals surface area contributed by atoms with Gasteiger partial charge >= 0.3 is 0 Å². The molecule has 0 unspecified atom stereocenters.